The summed E-state index contributed by atoms with van der Waals surface area (Å²) in [5.74, 6) is 0.362. The van der Waals surface area contributed by atoms with Crippen LogP contribution in [-0.2, 0) is 21.3 Å². The number of imidazole rings is 1. The number of aryl methyl sites for hydroxylation is 1. The molecule has 170 valence electrons. The standard InChI is InChI=1S/C21H26N6O4S/c1-15-7-10-27(11-8-15)32(29,30)17-5-3-16(4-6-17)21(28)31-12-2-9-26-14-25-18-19(22)23-13-24-20(18)26/h3-6,13-15H,2,7-12H2,1H3,(H2,22,23,24). The average molecular weight is 459 g/mol. The van der Waals surface area contributed by atoms with Crippen LogP contribution in [0.3, 0.4) is 0 Å². The van der Waals surface area contributed by atoms with Crippen molar-refractivity contribution in [1.82, 2.24) is 23.8 Å². The van der Waals surface area contributed by atoms with Crippen molar-refractivity contribution in [2.45, 2.75) is 37.6 Å². The van der Waals surface area contributed by atoms with Crippen LogP contribution in [-0.4, -0.2) is 57.9 Å². The summed E-state index contributed by atoms with van der Waals surface area (Å²) in [7, 11) is -3.54. The van der Waals surface area contributed by atoms with Gasteiger partial charge in [0.2, 0.25) is 10.0 Å². The first-order valence-electron chi connectivity index (χ1n) is 10.5. The molecular weight excluding hydrogens is 432 g/mol. The molecule has 1 saturated heterocycles. The Balaban J connectivity index is 1.30. The fourth-order valence-corrected chi connectivity index (χ4v) is 5.15. The van der Waals surface area contributed by atoms with Crippen LogP contribution in [0.2, 0.25) is 0 Å². The Hall–Kier alpha value is -3.05. The Morgan fingerprint density at radius 3 is 2.59 bits per heavy atom. The lowest BCUT2D eigenvalue weighted by Gasteiger charge is -2.29. The van der Waals surface area contributed by atoms with E-state index in [9.17, 15) is 13.2 Å². The number of piperidine rings is 1. The minimum absolute atomic E-state index is 0.192. The lowest BCUT2D eigenvalue weighted by Crippen LogP contribution is -2.37. The second-order valence-electron chi connectivity index (χ2n) is 7.97. The van der Waals surface area contributed by atoms with E-state index in [0.29, 0.717) is 54.5 Å². The van der Waals surface area contributed by atoms with Crippen molar-refractivity contribution in [2.24, 2.45) is 5.92 Å². The molecule has 0 atom stereocenters. The van der Waals surface area contributed by atoms with Gasteiger partial charge in [-0.2, -0.15) is 4.31 Å². The van der Waals surface area contributed by atoms with Gasteiger partial charge >= 0.3 is 5.97 Å². The van der Waals surface area contributed by atoms with E-state index in [-0.39, 0.29) is 11.5 Å². The van der Waals surface area contributed by atoms with Crippen molar-refractivity contribution in [2.75, 3.05) is 25.4 Å². The fourth-order valence-electron chi connectivity index (χ4n) is 3.68. The second kappa shape index (κ2) is 9.21. The predicted octanol–water partition coefficient (Wildman–Crippen LogP) is 2.08. The molecule has 1 aliphatic heterocycles. The first-order chi connectivity index (χ1) is 15.4. The first-order valence-corrected chi connectivity index (χ1v) is 12.0. The highest BCUT2D eigenvalue weighted by Gasteiger charge is 2.28. The number of benzene rings is 1. The van der Waals surface area contributed by atoms with Crippen LogP contribution < -0.4 is 5.73 Å². The molecule has 11 heteroatoms. The lowest BCUT2D eigenvalue weighted by atomic mass is 10.0. The number of carbonyl (C=O) groups excluding carboxylic acids is 1. The van der Waals surface area contributed by atoms with Gasteiger partial charge in [0.05, 0.1) is 23.4 Å². The molecular formula is C21H26N6O4S. The van der Waals surface area contributed by atoms with Crippen molar-refractivity contribution in [3.05, 3.63) is 42.5 Å². The maximum Gasteiger partial charge on any atom is 0.338 e. The van der Waals surface area contributed by atoms with Crippen LogP contribution in [0.15, 0.2) is 41.8 Å². The first kappa shape index (κ1) is 22.2. The summed E-state index contributed by atoms with van der Waals surface area (Å²) in [6.45, 7) is 3.93. The monoisotopic (exact) mass is 458 g/mol. The molecule has 3 heterocycles. The minimum Gasteiger partial charge on any atom is -0.462 e. The number of nitrogens with zero attached hydrogens (tertiary/aromatic N) is 5. The Morgan fingerprint density at radius 1 is 1.16 bits per heavy atom. The van der Waals surface area contributed by atoms with E-state index >= 15 is 0 Å². The summed E-state index contributed by atoms with van der Waals surface area (Å²) in [5.41, 5.74) is 7.26. The largest absolute Gasteiger partial charge is 0.462 e. The summed E-state index contributed by atoms with van der Waals surface area (Å²) in [6.07, 6.45) is 5.28. The SMILES string of the molecule is CC1CCN(S(=O)(=O)c2ccc(C(=O)OCCCn3cnc4c(N)ncnc43)cc2)CC1. The molecule has 0 saturated carbocycles. The number of fused-ring (bicyclic) bond motifs is 1. The van der Waals surface area contributed by atoms with Gasteiger partial charge in [0.15, 0.2) is 11.5 Å². The van der Waals surface area contributed by atoms with Crippen LogP contribution >= 0.6 is 0 Å². The number of hydrogen-bond acceptors (Lipinski definition) is 8. The molecule has 2 N–H and O–H groups in total. The third kappa shape index (κ3) is 4.58. The predicted molar refractivity (Wildman–Crippen MR) is 118 cm³/mol. The summed E-state index contributed by atoms with van der Waals surface area (Å²) in [6, 6.07) is 5.91. The molecule has 10 nitrogen and oxygen atoms in total. The molecule has 0 aliphatic carbocycles. The molecule has 1 aromatic carbocycles. The molecule has 3 aromatic rings. The third-order valence-electron chi connectivity index (χ3n) is 5.68. The number of esters is 1. The van der Waals surface area contributed by atoms with Crippen molar-refractivity contribution in [3.8, 4) is 0 Å². The summed E-state index contributed by atoms with van der Waals surface area (Å²) in [5, 5.41) is 0. The van der Waals surface area contributed by atoms with Gasteiger partial charge in [-0.1, -0.05) is 6.92 Å². The quantitative estimate of drug-likeness (QED) is 0.420. The molecule has 1 aliphatic rings. The van der Waals surface area contributed by atoms with Crippen LogP contribution in [0.4, 0.5) is 5.82 Å². The summed E-state index contributed by atoms with van der Waals surface area (Å²) < 4.78 is 34.3. The van der Waals surface area contributed by atoms with E-state index in [0.717, 1.165) is 12.8 Å². The number of ether oxygens (including phenoxy) is 1. The Morgan fingerprint density at radius 2 is 1.88 bits per heavy atom. The van der Waals surface area contributed by atoms with Gasteiger partial charge in [-0.15, -0.1) is 0 Å². The number of sulfonamides is 1. The van der Waals surface area contributed by atoms with E-state index in [2.05, 4.69) is 21.9 Å². The van der Waals surface area contributed by atoms with Gasteiger partial charge in [-0.05, 0) is 49.4 Å². The fraction of sp³-hybridized carbons (Fsp3) is 0.429. The average Bonchev–Trinajstić information content (AvgIpc) is 3.21. The molecule has 32 heavy (non-hydrogen) atoms. The number of rotatable bonds is 7. The number of hydrogen-bond donors (Lipinski definition) is 1. The van der Waals surface area contributed by atoms with Gasteiger partial charge < -0.3 is 15.0 Å². The normalized spacial score (nSPS) is 15.8. The second-order valence-corrected chi connectivity index (χ2v) is 9.91. The zero-order valence-corrected chi connectivity index (χ0v) is 18.7. The van der Waals surface area contributed by atoms with Crippen LogP contribution in [0.5, 0.6) is 0 Å². The molecule has 2 aromatic heterocycles. The lowest BCUT2D eigenvalue weighted by molar-refractivity contribution is 0.0496. The molecule has 1 fully saturated rings. The number of nitrogens with two attached hydrogens (primary N) is 1. The topological polar surface area (TPSA) is 133 Å². The van der Waals surface area contributed by atoms with Crippen LogP contribution in [0.25, 0.3) is 11.2 Å². The maximum atomic E-state index is 12.8. The van der Waals surface area contributed by atoms with E-state index in [1.807, 2.05) is 4.57 Å². The minimum atomic E-state index is -3.54. The van der Waals surface area contributed by atoms with E-state index in [1.54, 1.807) is 6.33 Å². The van der Waals surface area contributed by atoms with Gasteiger partial charge in [0.25, 0.3) is 0 Å². The van der Waals surface area contributed by atoms with Gasteiger partial charge in [0.1, 0.15) is 11.8 Å². The Labute approximate surface area is 186 Å². The maximum absolute atomic E-state index is 12.8. The van der Waals surface area contributed by atoms with E-state index in [4.69, 9.17) is 10.5 Å². The van der Waals surface area contributed by atoms with E-state index in [1.165, 1.54) is 34.9 Å². The molecule has 0 radical (unpaired) electrons. The Kier molecular flexibility index (Phi) is 6.38. The van der Waals surface area contributed by atoms with Crippen molar-refractivity contribution in [3.63, 3.8) is 0 Å². The zero-order chi connectivity index (χ0) is 22.7. The highest BCUT2D eigenvalue weighted by molar-refractivity contribution is 7.89. The highest BCUT2D eigenvalue weighted by Crippen LogP contribution is 2.23. The summed E-state index contributed by atoms with van der Waals surface area (Å²) in [4.78, 5) is 24.8. The number of aromatic nitrogens is 4. The van der Waals surface area contributed by atoms with Crippen molar-refractivity contribution >= 4 is 33.0 Å². The van der Waals surface area contributed by atoms with Gasteiger partial charge in [-0.3, -0.25) is 0 Å². The molecule has 4 rings (SSSR count). The summed E-state index contributed by atoms with van der Waals surface area (Å²) >= 11 is 0. The van der Waals surface area contributed by atoms with Crippen LogP contribution in [0, 0.1) is 5.92 Å². The Bertz CT molecular complexity index is 1200. The molecule has 0 unspecified atom stereocenters. The molecule has 0 spiro atoms. The smallest absolute Gasteiger partial charge is 0.338 e. The number of nitrogen functional groups attached to an aromatic ring is 1. The molecule has 0 bridgehead atoms. The number of anilines is 1. The van der Waals surface area contributed by atoms with Crippen molar-refractivity contribution < 1.29 is 17.9 Å². The van der Waals surface area contributed by atoms with Gasteiger partial charge in [-0.25, -0.2) is 28.2 Å². The van der Waals surface area contributed by atoms with Crippen LogP contribution in [0.1, 0.15) is 36.5 Å². The zero-order valence-electron chi connectivity index (χ0n) is 17.8. The van der Waals surface area contributed by atoms with E-state index < -0.39 is 16.0 Å². The third-order valence-corrected chi connectivity index (χ3v) is 7.59. The number of carbonyl (C=O) groups is 1. The van der Waals surface area contributed by atoms with Crippen molar-refractivity contribution in [1.29, 1.82) is 0 Å². The molecule has 0 amide bonds. The van der Waals surface area contributed by atoms with Gasteiger partial charge in [0, 0.05) is 19.6 Å². The highest BCUT2D eigenvalue weighted by atomic mass is 32.2.